The van der Waals surface area contributed by atoms with Crippen LogP contribution in [0, 0.1) is 29.1 Å². The van der Waals surface area contributed by atoms with E-state index in [0.717, 1.165) is 0 Å². The summed E-state index contributed by atoms with van der Waals surface area (Å²) in [5.41, 5.74) is 0. The average molecular weight is 149 g/mol. The lowest BCUT2D eigenvalue weighted by molar-refractivity contribution is -0.364. The van der Waals surface area contributed by atoms with E-state index in [1.54, 1.807) is 0 Å². The van der Waals surface area contributed by atoms with Gasteiger partial charge in [-0.2, -0.15) is 5.26 Å². The van der Waals surface area contributed by atoms with Crippen molar-refractivity contribution in [3.8, 4) is 6.07 Å². The summed E-state index contributed by atoms with van der Waals surface area (Å²) in [7, 11) is 0. The summed E-state index contributed by atoms with van der Waals surface area (Å²) in [5, 5.41) is 8.71. The van der Waals surface area contributed by atoms with Gasteiger partial charge in [0.25, 0.3) is 0 Å². The predicted octanol–water partition coefficient (Wildman–Crippen LogP) is 0.641. The molecule has 4 rings (SSSR count). The molecule has 0 aromatic heterocycles. The monoisotopic (exact) mass is 149 g/mol. The van der Waals surface area contributed by atoms with Crippen LogP contribution in [0.15, 0.2) is 12.2 Å². The van der Waals surface area contributed by atoms with Crippen LogP contribution in [0.5, 0.6) is 0 Å². The summed E-state index contributed by atoms with van der Waals surface area (Å²) in [5.74, 6) is 1.01. The van der Waals surface area contributed by atoms with Gasteiger partial charge in [0.2, 0.25) is 0 Å². The fourth-order valence-electron chi connectivity index (χ4n) is 2.17. The third-order valence-corrected chi connectivity index (χ3v) is 2.81. The molecular weight excluding hydrogens is 142 g/mol. The fourth-order valence-corrected chi connectivity index (χ4v) is 2.17. The molecule has 1 saturated carbocycles. The first-order valence-electron chi connectivity index (χ1n) is 3.82. The molecule has 1 saturated heterocycles. The molecule has 56 valence electrons. The van der Waals surface area contributed by atoms with Crippen LogP contribution >= 0.6 is 0 Å². The first-order valence-corrected chi connectivity index (χ1v) is 3.82. The van der Waals surface area contributed by atoms with Gasteiger partial charge in [-0.15, -0.1) is 0 Å². The molecule has 0 aromatic rings. The van der Waals surface area contributed by atoms with Crippen molar-refractivity contribution in [3.05, 3.63) is 12.2 Å². The highest BCUT2D eigenvalue weighted by atomic mass is 17.2. The van der Waals surface area contributed by atoms with Crippen LogP contribution in [0.2, 0.25) is 0 Å². The molecule has 3 heteroatoms. The van der Waals surface area contributed by atoms with Crippen molar-refractivity contribution in [2.75, 3.05) is 0 Å². The lowest BCUT2D eigenvalue weighted by Crippen LogP contribution is -2.32. The lowest BCUT2D eigenvalue weighted by Gasteiger charge is -2.27. The van der Waals surface area contributed by atoms with Crippen molar-refractivity contribution in [3.63, 3.8) is 0 Å². The maximum atomic E-state index is 8.71. The minimum Gasteiger partial charge on any atom is -0.228 e. The van der Waals surface area contributed by atoms with Crippen LogP contribution in [-0.4, -0.2) is 12.2 Å². The second-order valence-electron chi connectivity index (χ2n) is 3.32. The maximum Gasteiger partial charge on any atom is 0.116 e. The summed E-state index contributed by atoms with van der Waals surface area (Å²) in [6.07, 6.45) is 4.11. The van der Waals surface area contributed by atoms with Crippen molar-refractivity contribution in [2.24, 2.45) is 17.8 Å². The number of hydrogen-bond acceptors (Lipinski definition) is 3. The number of fused-ring (bicyclic) bond motifs is 1. The SMILES string of the molecule is N#CC1C2C3C=CC(OO3)C12. The Kier molecular flexibility index (Phi) is 0.867. The first-order chi connectivity index (χ1) is 5.42. The molecule has 0 N–H and O–H groups in total. The maximum absolute atomic E-state index is 8.71. The molecule has 2 aliphatic heterocycles. The fraction of sp³-hybridized carbons (Fsp3) is 0.625. The summed E-state index contributed by atoms with van der Waals surface area (Å²) < 4.78 is 0. The van der Waals surface area contributed by atoms with E-state index in [9.17, 15) is 0 Å². The van der Waals surface area contributed by atoms with Crippen molar-refractivity contribution >= 4 is 0 Å². The van der Waals surface area contributed by atoms with Crippen LogP contribution < -0.4 is 0 Å². The zero-order chi connectivity index (χ0) is 7.42. The zero-order valence-electron chi connectivity index (χ0n) is 5.81. The van der Waals surface area contributed by atoms with E-state index in [2.05, 4.69) is 6.07 Å². The van der Waals surface area contributed by atoms with E-state index < -0.39 is 0 Å². The number of nitriles is 1. The molecule has 4 atom stereocenters. The molecule has 2 heterocycles. The lowest BCUT2D eigenvalue weighted by atomic mass is 10.0. The van der Waals surface area contributed by atoms with Gasteiger partial charge < -0.3 is 0 Å². The van der Waals surface area contributed by atoms with Gasteiger partial charge in [0.1, 0.15) is 12.2 Å². The minimum absolute atomic E-state index is 0.0506. The second kappa shape index (κ2) is 1.66. The molecule has 0 aromatic carbocycles. The molecule has 4 aliphatic rings. The highest BCUT2D eigenvalue weighted by molar-refractivity contribution is 5.25. The molecular formula is C8H7NO2. The molecule has 2 bridgehead atoms. The van der Waals surface area contributed by atoms with Gasteiger partial charge in [-0.05, 0) is 0 Å². The smallest absolute Gasteiger partial charge is 0.116 e. The van der Waals surface area contributed by atoms with E-state index in [0.29, 0.717) is 11.8 Å². The van der Waals surface area contributed by atoms with Crippen molar-refractivity contribution < 1.29 is 9.78 Å². The van der Waals surface area contributed by atoms with E-state index in [4.69, 9.17) is 15.0 Å². The van der Waals surface area contributed by atoms with Gasteiger partial charge in [0.15, 0.2) is 0 Å². The minimum atomic E-state index is 0.0506. The normalized spacial score (nSPS) is 56.8. The Morgan fingerprint density at radius 1 is 1.09 bits per heavy atom. The van der Waals surface area contributed by atoms with E-state index in [-0.39, 0.29) is 18.1 Å². The molecule has 2 fully saturated rings. The summed E-state index contributed by atoms with van der Waals surface area (Å²) in [4.78, 5) is 10.0. The number of nitrogens with zero attached hydrogens (tertiary/aromatic N) is 1. The van der Waals surface area contributed by atoms with Crippen molar-refractivity contribution in [1.82, 2.24) is 0 Å². The van der Waals surface area contributed by atoms with Crippen LogP contribution in [0.4, 0.5) is 0 Å². The Bertz CT molecular complexity index is 248. The topological polar surface area (TPSA) is 42.2 Å². The van der Waals surface area contributed by atoms with Gasteiger partial charge in [0.05, 0.1) is 12.0 Å². The largest absolute Gasteiger partial charge is 0.228 e. The quantitative estimate of drug-likeness (QED) is 0.375. The van der Waals surface area contributed by atoms with Gasteiger partial charge in [-0.25, -0.2) is 9.78 Å². The third kappa shape index (κ3) is 0.550. The van der Waals surface area contributed by atoms with Crippen LogP contribution in [0.25, 0.3) is 0 Å². The third-order valence-electron chi connectivity index (χ3n) is 2.81. The van der Waals surface area contributed by atoms with Crippen LogP contribution in [0.3, 0.4) is 0 Å². The van der Waals surface area contributed by atoms with Gasteiger partial charge in [-0.1, -0.05) is 12.2 Å². The Morgan fingerprint density at radius 2 is 1.64 bits per heavy atom. The highest BCUT2D eigenvalue weighted by Crippen LogP contribution is 2.57. The molecule has 11 heavy (non-hydrogen) atoms. The Labute approximate surface area is 64.1 Å². The number of rotatable bonds is 0. The number of hydrogen-bond donors (Lipinski definition) is 0. The first kappa shape index (κ1) is 5.76. The zero-order valence-corrected chi connectivity index (χ0v) is 5.81. The Balaban J connectivity index is 1.97. The molecule has 0 amide bonds. The van der Waals surface area contributed by atoms with E-state index in [1.165, 1.54) is 0 Å². The average Bonchev–Trinajstić information content (AvgIpc) is 2.81. The predicted molar refractivity (Wildman–Crippen MR) is 35.0 cm³/mol. The molecule has 0 radical (unpaired) electrons. The molecule has 0 spiro atoms. The Morgan fingerprint density at radius 3 is 2.00 bits per heavy atom. The summed E-state index contributed by atoms with van der Waals surface area (Å²) in [6, 6.07) is 2.28. The Hall–Kier alpha value is -0.850. The molecule has 2 aliphatic carbocycles. The van der Waals surface area contributed by atoms with Crippen molar-refractivity contribution in [2.45, 2.75) is 12.2 Å². The van der Waals surface area contributed by atoms with E-state index >= 15 is 0 Å². The second-order valence-corrected chi connectivity index (χ2v) is 3.32. The van der Waals surface area contributed by atoms with E-state index in [1.807, 2.05) is 12.2 Å². The van der Waals surface area contributed by atoms with Gasteiger partial charge >= 0.3 is 0 Å². The summed E-state index contributed by atoms with van der Waals surface area (Å²) in [6.45, 7) is 0. The van der Waals surface area contributed by atoms with Gasteiger partial charge in [-0.3, -0.25) is 0 Å². The standard InChI is InChI=1S/C8H7NO2/c9-3-4-7-5-1-2-6(8(4)7)11-10-5/h1-2,4-8H. The molecule has 4 unspecified atom stereocenters. The van der Waals surface area contributed by atoms with Crippen LogP contribution in [0.1, 0.15) is 0 Å². The van der Waals surface area contributed by atoms with Gasteiger partial charge in [0, 0.05) is 11.8 Å². The highest BCUT2D eigenvalue weighted by Gasteiger charge is 2.63. The van der Waals surface area contributed by atoms with Crippen LogP contribution in [-0.2, 0) is 9.78 Å². The van der Waals surface area contributed by atoms with Crippen molar-refractivity contribution in [1.29, 1.82) is 5.26 Å². The molecule has 3 nitrogen and oxygen atoms in total. The summed E-state index contributed by atoms with van der Waals surface area (Å²) >= 11 is 0.